The van der Waals surface area contributed by atoms with E-state index < -0.39 is 23.9 Å². The zero-order valence-corrected chi connectivity index (χ0v) is 32.9. The molecule has 8 nitrogen and oxygen atoms in total. The summed E-state index contributed by atoms with van der Waals surface area (Å²) in [5, 5.41) is 19.5. The van der Waals surface area contributed by atoms with E-state index in [1.54, 1.807) is 36.4 Å². The van der Waals surface area contributed by atoms with E-state index in [9.17, 15) is 29.4 Å². The predicted molar refractivity (Wildman–Crippen MR) is 205 cm³/mol. The van der Waals surface area contributed by atoms with Gasteiger partial charge in [0, 0.05) is 10.8 Å². The van der Waals surface area contributed by atoms with Crippen molar-refractivity contribution in [3.8, 4) is 0 Å². The molecule has 2 aromatic rings. The molecule has 54 heavy (non-hydrogen) atoms. The van der Waals surface area contributed by atoms with E-state index in [2.05, 4.69) is 48.1 Å². The minimum atomic E-state index is -1.14. The third kappa shape index (κ3) is 5.67. The normalized spacial score (nSPS) is 37.7. The summed E-state index contributed by atoms with van der Waals surface area (Å²) < 4.78 is 12.4. The number of esters is 2. The maximum atomic E-state index is 13.5. The maximum Gasteiger partial charge on any atom is 0.339 e. The van der Waals surface area contributed by atoms with Crippen LogP contribution < -0.4 is 0 Å². The largest absolute Gasteiger partial charge is 0.478 e. The van der Waals surface area contributed by atoms with Crippen LogP contribution in [-0.4, -0.2) is 46.8 Å². The molecular weight excluding hydrogens is 680 g/mol. The van der Waals surface area contributed by atoms with Crippen LogP contribution in [0.1, 0.15) is 147 Å². The number of carboxylic acid groups (broad SMARTS) is 2. The molecule has 0 spiro atoms. The van der Waals surface area contributed by atoms with Gasteiger partial charge in [-0.2, -0.15) is 0 Å². The van der Waals surface area contributed by atoms with Crippen molar-refractivity contribution < 1.29 is 38.9 Å². The lowest BCUT2D eigenvalue weighted by atomic mass is 9.32. The smallest absolute Gasteiger partial charge is 0.339 e. The highest BCUT2D eigenvalue weighted by Crippen LogP contribution is 2.77. The Labute approximate surface area is 320 Å². The van der Waals surface area contributed by atoms with Crippen molar-refractivity contribution in [2.24, 2.45) is 56.7 Å². The van der Waals surface area contributed by atoms with Crippen molar-refractivity contribution in [1.82, 2.24) is 0 Å². The van der Waals surface area contributed by atoms with E-state index >= 15 is 0 Å². The molecule has 0 radical (unpaired) electrons. The first kappa shape index (κ1) is 38.3. The van der Waals surface area contributed by atoms with Gasteiger partial charge in [0.1, 0.15) is 6.10 Å². The Morgan fingerprint density at radius 1 is 0.685 bits per heavy atom. The fourth-order valence-electron chi connectivity index (χ4n) is 13.9. The van der Waals surface area contributed by atoms with Gasteiger partial charge in [0.15, 0.2) is 0 Å². The number of carboxylic acids is 2. The third-order valence-electron chi connectivity index (χ3n) is 16.7. The molecule has 0 amide bonds. The Balaban J connectivity index is 1.14. The summed E-state index contributed by atoms with van der Waals surface area (Å²) in [6.45, 7) is 19.1. The highest BCUT2D eigenvalue weighted by atomic mass is 16.5. The average Bonchev–Trinajstić information content (AvgIpc) is 3.52. The molecule has 0 aliphatic heterocycles. The number of hydrogen-bond acceptors (Lipinski definition) is 6. The molecule has 2 aromatic carbocycles. The van der Waals surface area contributed by atoms with E-state index in [-0.39, 0.29) is 55.4 Å². The van der Waals surface area contributed by atoms with E-state index in [1.165, 1.54) is 17.7 Å². The van der Waals surface area contributed by atoms with Crippen molar-refractivity contribution in [3.05, 3.63) is 82.9 Å². The Bertz CT molecular complexity index is 1880. The molecule has 0 saturated heterocycles. The van der Waals surface area contributed by atoms with Gasteiger partial charge in [-0.3, -0.25) is 0 Å². The van der Waals surface area contributed by atoms with Crippen LogP contribution in [0.3, 0.4) is 0 Å². The van der Waals surface area contributed by atoms with Crippen LogP contribution in [0.15, 0.2) is 60.7 Å². The van der Waals surface area contributed by atoms with Gasteiger partial charge in [0.2, 0.25) is 0 Å². The van der Waals surface area contributed by atoms with Gasteiger partial charge in [-0.15, -0.1) is 0 Å². The molecule has 5 aliphatic carbocycles. The van der Waals surface area contributed by atoms with E-state index in [1.807, 2.05) is 0 Å². The van der Waals surface area contributed by atoms with Crippen LogP contribution >= 0.6 is 0 Å². The summed E-state index contributed by atoms with van der Waals surface area (Å²) >= 11 is 0. The van der Waals surface area contributed by atoms with Crippen LogP contribution in [0.25, 0.3) is 0 Å². The molecular formula is C46H58O8. The van der Waals surface area contributed by atoms with E-state index in [0.29, 0.717) is 36.2 Å². The SMILES string of the molecule is C=C(C)[C@H]1CC[C@@]2(COC(=O)c3ccccc3C(=O)O)CC[C@]3(C)[C@H](CC[C@H]4[C@@]5(C)CC[C@H](OC(=O)c6ccccc6C(=O)O)C(C)(C)[C@H]5CC[C@@]43C)[C@@H]12. The Morgan fingerprint density at radius 3 is 1.87 bits per heavy atom. The molecule has 0 bridgehead atoms. The molecule has 5 aliphatic rings. The number of carbonyl (C=O) groups excluding carboxylic acids is 2. The Kier molecular flexibility index (Phi) is 9.49. The Hall–Kier alpha value is -3.94. The average molecular weight is 739 g/mol. The second kappa shape index (κ2) is 13.4. The minimum Gasteiger partial charge on any atom is -0.478 e. The highest BCUT2D eigenvalue weighted by Gasteiger charge is 2.71. The second-order valence-corrected chi connectivity index (χ2v) is 19.1. The molecule has 8 heteroatoms. The zero-order chi connectivity index (χ0) is 39.0. The number of hydrogen-bond donors (Lipinski definition) is 2. The van der Waals surface area contributed by atoms with Crippen molar-refractivity contribution in [2.45, 2.75) is 112 Å². The topological polar surface area (TPSA) is 127 Å². The molecule has 290 valence electrons. The Morgan fingerprint density at radius 2 is 1.28 bits per heavy atom. The van der Waals surface area contributed by atoms with Gasteiger partial charge >= 0.3 is 23.9 Å². The fraction of sp³-hybridized carbons (Fsp3) is 0.609. The van der Waals surface area contributed by atoms with E-state index in [0.717, 1.165) is 64.2 Å². The van der Waals surface area contributed by atoms with Gasteiger partial charge in [0.25, 0.3) is 0 Å². The lowest BCUT2D eigenvalue weighted by Crippen LogP contribution is -2.67. The molecule has 2 N–H and O–H groups in total. The number of allylic oxidation sites excluding steroid dienone is 1. The molecule has 0 aromatic heterocycles. The van der Waals surface area contributed by atoms with Crippen LogP contribution in [0.5, 0.6) is 0 Å². The number of aromatic carboxylic acids is 2. The number of rotatable bonds is 8. The summed E-state index contributed by atoms with van der Waals surface area (Å²) in [6.07, 6.45) is 9.77. The first-order valence-corrected chi connectivity index (χ1v) is 20.1. The lowest BCUT2D eigenvalue weighted by molar-refractivity contribution is -0.249. The van der Waals surface area contributed by atoms with Gasteiger partial charge < -0.3 is 19.7 Å². The van der Waals surface area contributed by atoms with Crippen LogP contribution in [0.2, 0.25) is 0 Å². The standard InChI is InChI=1S/C46H58O8/c1-27(2)28-18-23-46(26-53-40(51)31-14-10-8-12-29(31)38(47)48)25-24-44(6)33(37(28)46)16-17-35-43(5)21-20-36(42(3,4)34(43)19-22-45(35,44)7)54-41(52)32-15-11-9-13-30(32)39(49)50/h8-15,28,33-37H,1,16-26H2,2-7H3,(H,47,48)(H,49,50)/t28-,33-,34-,35+,36+,37-,43+,44-,45+,46+/m1/s1. The van der Waals surface area contributed by atoms with Crippen molar-refractivity contribution >= 4 is 23.9 Å². The second-order valence-electron chi connectivity index (χ2n) is 19.1. The summed E-state index contributed by atoms with van der Waals surface area (Å²) in [5.41, 5.74) is 1.09. The molecule has 0 heterocycles. The van der Waals surface area contributed by atoms with Crippen molar-refractivity contribution in [1.29, 1.82) is 0 Å². The third-order valence-corrected chi connectivity index (χ3v) is 16.7. The van der Waals surface area contributed by atoms with Crippen LogP contribution in [0, 0.1) is 56.7 Å². The maximum absolute atomic E-state index is 13.5. The first-order valence-electron chi connectivity index (χ1n) is 20.1. The molecule has 5 saturated carbocycles. The van der Waals surface area contributed by atoms with Gasteiger partial charge in [-0.1, -0.05) is 71.0 Å². The molecule has 5 fully saturated rings. The summed E-state index contributed by atoms with van der Waals surface area (Å²) in [7, 11) is 0. The molecule has 7 rings (SSSR count). The first-order chi connectivity index (χ1) is 25.4. The van der Waals surface area contributed by atoms with Crippen LogP contribution in [-0.2, 0) is 9.47 Å². The highest BCUT2D eigenvalue weighted by molar-refractivity contribution is 6.03. The predicted octanol–water partition coefficient (Wildman–Crippen LogP) is 10.1. The van der Waals surface area contributed by atoms with Gasteiger partial charge in [0.05, 0.1) is 28.9 Å². The lowest BCUT2D eigenvalue weighted by Gasteiger charge is -2.73. The summed E-state index contributed by atoms with van der Waals surface area (Å²) in [5.74, 6) is -1.43. The number of fused-ring (bicyclic) bond motifs is 7. The fourth-order valence-corrected chi connectivity index (χ4v) is 13.9. The van der Waals surface area contributed by atoms with Gasteiger partial charge in [-0.25, -0.2) is 19.2 Å². The number of carbonyl (C=O) groups is 4. The number of ether oxygens (including phenoxy) is 2. The summed E-state index contributed by atoms with van der Waals surface area (Å²) in [4.78, 5) is 50.7. The quantitative estimate of drug-likeness (QED) is 0.202. The monoisotopic (exact) mass is 738 g/mol. The van der Waals surface area contributed by atoms with Gasteiger partial charge in [-0.05, 0) is 141 Å². The number of benzene rings is 2. The zero-order valence-electron chi connectivity index (χ0n) is 32.9. The summed E-state index contributed by atoms with van der Waals surface area (Å²) in [6, 6.07) is 12.6. The minimum absolute atomic E-state index is 0.0336. The molecule has 10 atom stereocenters. The van der Waals surface area contributed by atoms with Crippen molar-refractivity contribution in [2.75, 3.05) is 6.61 Å². The van der Waals surface area contributed by atoms with E-state index in [4.69, 9.17) is 9.47 Å². The van der Waals surface area contributed by atoms with Crippen molar-refractivity contribution in [3.63, 3.8) is 0 Å². The van der Waals surface area contributed by atoms with Crippen LogP contribution in [0.4, 0.5) is 0 Å². The molecule has 0 unspecified atom stereocenters.